The Kier molecular flexibility index (Phi) is 5.58. The van der Waals surface area contributed by atoms with Crippen LogP contribution in [0, 0.1) is 0 Å². The Bertz CT molecular complexity index is 289. The van der Waals surface area contributed by atoms with E-state index in [1.807, 2.05) is 25.1 Å². The normalized spacial score (nSPS) is 12.5. The molecule has 1 aromatic rings. The molecule has 0 saturated carbocycles. The molecular weight excluding hydrogens is 206 g/mol. The van der Waals surface area contributed by atoms with E-state index in [-0.39, 0.29) is 6.04 Å². The standard InChI is InChI=1S/C12H19NOS/c1-10(13)9-11-5-3-4-6-12(11)14-7-8-15-2/h3-6,10H,7-9,13H2,1-2H3. The molecule has 0 bridgehead atoms. The highest BCUT2D eigenvalue weighted by Gasteiger charge is 2.04. The van der Waals surface area contributed by atoms with Gasteiger partial charge < -0.3 is 10.5 Å². The van der Waals surface area contributed by atoms with Gasteiger partial charge in [-0.3, -0.25) is 0 Å². The van der Waals surface area contributed by atoms with E-state index in [0.717, 1.165) is 24.5 Å². The predicted molar refractivity (Wildman–Crippen MR) is 67.7 cm³/mol. The molecule has 0 fully saturated rings. The highest BCUT2D eigenvalue weighted by molar-refractivity contribution is 7.98. The fourth-order valence-corrected chi connectivity index (χ4v) is 1.65. The number of rotatable bonds is 6. The lowest BCUT2D eigenvalue weighted by Gasteiger charge is -2.12. The molecular formula is C12H19NOS. The molecule has 2 nitrogen and oxygen atoms in total. The fourth-order valence-electron chi connectivity index (χ4n) is 1.40. The van der Waals surface area contributed by atoms with Crippen molar-refractivity contribution in [2.75, 3.05) is 18.6 Å². The van der Waals surface area contributed by atoms with Crippen LogP contribution < -0.4 is 10.5 Å². The maximum Gasteiger partial charge on any atom is 0.122 e. The highest BCUT2D eigenvalue weighted by Crippen LogP contribution is 2.19. The van der Waals surface area contributed by atoms with Gasteiger partial charge in [0, 0.05) is 11.8 Å². The highest BCUT2D eigenvalue weighted by atomic mass is 32.2. The summed E-state index contributed by atoms with van der Waals surface area (Å²) in [5, 5.41) is 0. The molecule has 84 valence electrons. The third kappa shape index (κ3) is 4.58. The molecule has 1 unspecified atom stereocenters. The number of ether oxygens (including phenoxy) is 1. The maximum absolute atomic E-state index is 5.79. The molecule has 0 spiro atoms. The Labute approximate surface area is 96.2 Å². The van der Waals surface area contributed by atoms with Gasteiger partial charge in [0.15, 0.2) is 0 Å². The lowest BCUT2D eigenvalue weighted by Crippen LogP contribution is -2.18. The SMILES string of the molecule is CSCCOc1ccccc1CC(C)N. The lowest BCUT2D eigenvalue weighted by molar-refractivity contribution is 0.339. The van der Waals surface area contributed by atoms with E-state index < -0.39 is 0 Å². The van der Waals surface area contributed by atoms with Gasteiger partial charge in [0.05, 0.1) is 6.61 Å². The van der Waals surface area contributed by atoms with Crippen molar-refractivity contribution in [3.8, 4) is 5.75 Å². The zero-order valence-corrected chi connectivity index (χ0v) is 10.2. The number of para-hydroxylation sites is 1. The van der Waals surface area contributed by atoms with Crippen molar-refractivity contribution in [3.63, 3.8) is 0 Å². The number of nitrogens with two attached hydrogens (primary N) is 1. The maximum atomic E-state index is 5.79. The van der Waals surface area contributed by atoms with Crippen LogP contribution in [0.1, 0.15) is 12.5 Å². The first-order chi connectivity index (χ1) is 7.24. The molecule has 2 N–H and O–H groups in total. The van der Waals surface area contributed by atoms with Gasteiger partial charge in [0.2, 0.25) is 0 Å². The van der Waals surface area contributed by atoms with Crippen LogP contribution in [0.5, 0.6) is 5.75 Å². The van der Waals surface area contributed by atoms with E-state index in [0.29, 0.717) is 0 Å². The molecule has 15 heavy (non-hydrogen) atoms. The Morgan fingerprint density at radius 2 is 2.13 bits per heavy atom. The number of benzene rings is 1. The summed E-state index contributed by atoms with van der Waals surface area (Å²) in [6.45, 7) is 2.77. The van der Waals surface area contributed by atoms with Gasteiger partial charge in [-0.05, 0) is 31.2 Å². The Morgan fingerprint density at radius 1 is 1.40 bits per heavy atom. The molecule has 0 aliphatic carbocycles. The van der Waals surface area contributed by atoms with Gasteiger partial charge in [0.25, 0.3) is 0 Å². The minimum Gasteiger partial charge on any atom is -0.492 e. The molecule has 0 aliphatic heterocycles. The summed E-state index contributed by atoms with van der Waals surface area (Å²) in [6.07, 6.45) is 2.95. The monoisotopic (exact) mass is 225 g/mol. The largest absolute Gasteiger partial charge is 0.492 e. The number of hydrogen-bond donors (Lipinski definition) is 1. The van der Waals surface area contributed by atoms with E-state index in [1.165, 1.54) is 5.56 Å². The smallest absolute Gasteiger partial charge is 0.122 e. The Hall–Kier alpha value is -0.670. The summed E-state index contributed by atoms with van der Waals surface area (Å²) in [5.74, 6) is 2.00. The zero-order chi connectivity index (χ0) is 11.1. The summed E-state index contributed by atoms with van der Waals surface area (Å²) in [6, 6.07) is 8.30. The summed E-state index contributed by atoms with van der Waals surface area (Å²) < 4.78 is 5.70. The van der Waals surface area contributed by atoms with Gasteiger partial charge in [-0.2, -0.15) is 11.8 Å². The van der Waals surface area contributed by atoms with Crippen LogP contribution in [0.4, 0.5) is 0 Å². The van der Waals surface area contributed by atoms with Crippen molar-refractivity contribution >= 4 is 11.8 Å². The second kappa shape index (κ2) is 6.75. The van der Waals surface area contributed by atoms with Crippen molar-refractivity contribution in [3.05, 3.63) is 29.8 Å². The summed E-state index contributed by atoms with van der Waals surface area (Å²) >= 11 is 1.79. The van der Waals surface area contributed by atoms with Gasteiger partial charge >= 0.3 is 0 Å². The first kappa shape index (κ1) is 12.4. The van der Waals surface area contributed by atoms with Crippen LogP contribution >= 0.6 is 11.8 Å². The predicted octanol–water partition coefficient (Wildman–Crippen LogP) is 2.32. The molecule has 0 aliphatic rings. The molecule has 0 saturated heterocycles. The van der Waals surface area contributed by atoms with Crippen LogP contribution in [0.2, 0.25) is 0 Å². The van der Waals surface area contributed by atoms with Crippen LogP contribution in [0.15, 0.2) is 24.3 Å². The third-order valence-electron chi connectivity index (χ3n) is 2.06. The van der Waals surface area contributed by atoms with E-state index in [9.17, 15) is 0 Å². The number of hydrogen-bond acceptors (Lipinski definition) is 3. The molecule has 0 aromatic heterocycles. The third-order valence-corrected chi connectivity index (χ3v) is 2.63. The molecule has 1 atom stereocenters. The van der Waals surface area contributed by atoms with Gasteiger partial charge in [-0.1, -0.05) is 18.2 Å². The average Bonchev–Trinajstić information content (AvgIpc) is 2.20. The first-order valence-electron chi connectivity index (χ1n) is 5.19. The zero-order valence-electron chi connectivity index (χ0n) is 9.40. The lowest BCUT2D eigenvalue weighted by atomic mass is 10.1. The second-order valence-corrected chi connectivity index (χ2v) is 4.62. The van der Waals surface area contributed by atoms with Gasteiger partial charge in [0.1, 0.15) is 5.75 Å². The van der Waals surface area contributed by atoms with Gasteiger partial charge in [-0.15, -0.1) is 0 Å². The average molecular weight is 225 g/mol. The minimum atomic E-state index is 0.176. The van der Waals surface area contributed by atoms with Crippen LogP contribution in [0.25, 0.3) is 0 Å². The van der Waals surface area contributed by atoms with Crippen molar-refractivity contribution in [2.45, 2.75) is 19.4 Å². The van der Waals surface area contributed by atoms with E-state index in [2.05, 4.69) is 12.3 Å². The van der Waals surface area contributed by atoms with Crippen LogP contribution in [0.3, 0.4) is 0 Å². The van der Waals surface area contributed by atoms with E-state index in [4.69, 9.17) is 10.5 Å². The summed E-state index contributed by atoms with van der Waals surface area (Å²) in [4.78, 5) is 0. The molecule has 3 heteroatoms. The first-order valence-corrected chi connectivity index (χ1v) is 6.58. The molecule has 0 heterocycles. The van der Waals surface area contributed by atoms with E-state index >= 15 is 0 Å². The molecule has 0 radical (unpaired) electrons. The minimum absolute atomic E-state index is 0.176. The second-order valence-electron chi connectivity index (χ2n) is 3.63. The summed E-state index contributed by atoms with van der Waals surface area (Å²) in [5.41, 5.74) is 6.99. The van der Waals surface area contributed by atoms with E-state index in [1.54, 1.807) is 11.8 Å². The van der Waals surface area contributed by atoms with Crippen molar-refractivity contribution in [2.24, 2.45) is 5.73 Å². The Balaban J connectivity index is 2.60. The van der Waals surface area contributed by atoms with Crippen LogP contribution in [-0.4, -0.2) is 24.7 Å². The van der Waals surface area contributed by atoms with Crippen molar-refractivity contribution in [1.29, 1.82) is 0 Å². The fraction of sp³-hybridized carbons (Fsp3) is 0.500. The van der Waals surface area contributed by atoms with Crippen molar-refractivity contribution in [1.82, 2.24) is 0 Å². The molecule has 1 aromatic carbocycles. The Morgan fingerprint density at radius 3 is 2.80 bits per heavy atom. The van der Waals surface area contributed by atoms with Crippen LogP contribution in [-0.2, 0) is 6.42 Å². The number of thioether (sulfide) groups is 1. The molecule has 1 rings (SSSR count). The van der Waals surface area contributed by atoms with Crippen molar-refractivity contribution < 1.29 is 4.74 Å². The summed E-state index contributed by atoms with van der Waals surface area (Å²) in [7, 11) is 0. The topological polar surface area (TPSA) is 35.2 Å². The quantitative estimate of drug-likeness (QED) is 0.755. The molecule has 0 amide bonds. The van der Waals surface area contributed by atoms with Gasteiger partial charge in [-0.25, -0.2) is 0 Å².